The van der Waals surface area contributed by atoms with Gasteiger partial charge in [0.05, 0.1) is 23.7 Å². The number of fused-ring (bicyclic) bond motifs is 1. The second-order valence-corrected chi connectivity index (χ2v) is 9.15. The molecule has 1 N–H and O–H groups in total. The van der Waals surface area contributed by atoms with E-state index in [4.69, 9.17) is 14.5 Å². The number of nitrogens with one attached hydrogen (secondary N) is 1. The molecule has 1 atom stereocenters. The summed E-state index contributed by atoms with van der Waals surface area (Å²) >= 11 is 0. The smallest absolute Gasteiger partial charge is 0.408 e. The Labute approximate surface area is 203 Å². The minimum absolute atomic E-state index is 0.356. The van der Waals surface area contributed by atoms with Crippen molar-refractivity contribution in [2.75, 3.05) is 6.61 Å². The zero-order chi connectivity index (χ0) is 24.8. The van der Waals surface area contributed by atoms with Crippen LogP contribution >= 0.6 is 0 Å². The van der Waals surface area contributed by atoms with Crippen LogP contribution < -0.4 is 5.32 Å². The van der Waals surface area contributed by atoms with Gasteiger partial charge in [0.15, 0.2) is 0 Å². The molecule has 0 aliphatic carbocycles. The van der Waals surface area contributed by atoms with Crippen molar-refractivity contribution in [2.24, 2.45) is 0 Å². The lowest BCUT2D eigenvalue weighted by molar-refractivity contribution is 0.0478. The molecule has 4 aromatic rings. The van der Waals surface area contributed by atoms with Crippen LogP contribution in [0.5, 0.6) is 0 Å². The fourth-order valence-electron chi connectivity index (χ4n) is 3.71. The van der Waals surface area contributed by atoms with E-state index in [0.29, 0.717) is 42.3 Å². The quantitative estimate of drug-likeness (QED) is 0.329. The summed E-state index contributed by atoms with van der Waals surface area (Å²) in [6, 6.07) is 19.1. The second kappa shape index (κ2) is 10.7. The molecule has 4 rings (SSSR count). The third-order valence-corrected chi connectivity index (χ3v) is 5.19. The van der Waals surface area contributed by atoms with Crippen LogP contribution in [-0.2, 0) is 16.1 Å². The number of carbonyl (C=O) groups excluding carboxylic acids is 1. The van der Waals surface area contributed by atoms with E-state index in [2.05, 4.69) is 10.3 Å². The van der Waals surface area contributed by atoms with Crippen molar-refractivity contribution in [3.63, 3.8) is 0 Å². The van der Waals surface area contributed by atoms with Crippen LogP contribution in [0.25, 0.3) is 16.9 Å². The molecule has 0 fully saturated rings. The van der Waals surface area contributed by atoms with Gasteiger partial charge in [0, 0.05) is 18.9 Å². The summed E-state index contributed by atoms with van der Waals surface area (Å²) in [5.41, 5.74) is 1.54. The number of rotatable bonds is 8. The average molecular weight is 477 g/mol. The molecule has 35 heavy (non-hydrogen) atoms. The lowest BCUT2D eigenvalue weighted by Gasteiger charge is -2.24. The number of nitrogens with zero attached hydrogens (tertiary/aromatic N) is 3. The average Bonchev–Trinajstić information content (AvgIpc) is 3.19. The summed E-state index contributed by atoms with van der Waals surface area (Å²) in [6.45, 7) is 6.21. The Hall–Kier alpha value is -3.78. The van der Waals surface area contributed by atoms with E-state index in [1.165, 1.54) is 12.1 Å². The minimum atomic E-state index is -0.664. The molecule has 1 amide bonds. The predicted octanol–water partition coefficient (Wildman–Crippen LogP) is 5.73. The molecule has 2 aromatic carbocycles. The SMILES string of the molecule is CC(C)(C)OC(=O)N[C@@H](CCOCc1ccccc1)c1nc2ccc(F)cc2n1-c1ccccn1. The molecule has 182 valence electrons. The Morgan fingerprint density at radius 3 is 2.57 bits per heavy atom. The number of hydrogen-bond donors (Lipinski definition) is 1. The van der Waals surface area contributed by atoms with Gasteiger partial charge in [-0.2, -0.15) is 0 Å². The van der Waals surface area contributed by atoms with Gasteiger partial charge in [-0.15, -0.1) is 0 Å². The maximum Gasteiger partial charge on any atom is 0.408 e. The first kappa shape index (κ1) is 24.3. The topological polar surface area (TPSA) is 78.3 Å². The van der Waals surface area contributed by atoms with Gasteiger partial charge >= 0.3 is 6.09 Å². The van der Waals surface area contributed by atoms with Crippen molar-refractivity contribution in [1.82, 2.24) is 19.9 Å². The van der Waals surface area contributed by atoms with E-state index >= 15 is 0 Å². The van der Waals surface area contributed by atoms with Gasteiger partial charge in [-0.3, -0.25) is 4.57 Å². The van der Waals surface area contributed by atoms with Crippen molar-refractivity contribution in [1.29, 1.82) is 0 Å². The third-order valence-electron chi connectivity index (χ3n) is 5.19. The number of imidazole rings is 1. The van der Waals surface area contributed by atoms with Gasteiger partial charge in [0.1, 0.15) is 23.1 Å². The van der Waals surface area contributed by atoms with Crippen molar-refractivity contribution >= 4 is 17.1 Å². The molecule has 7 nitrogen and oxygen atoms in total. The Bertz CT molecular complexity index is 1270. The predicted molar refractivity (Wildman–Crippen MR) is 132 cm³/mol. The summed E-state index contributed by atoms with van der Waals surface area (Å²) in [7, 11) is 0. The number of benzene rings is 2. The summed E-state index contributed by atoms with van der Waals surface area (Å²) < 4.78 is 27.3. The van der Waals surface area contributed by atoms with E-state index < -0.39 is 17.7 Å². The standard InChI is InChI=1S/C27H29FN4O3/c1-27(2,3)35-26(33)31-22(14-16-34-18-19-9-5-4-6-10-19)25-30-21-13-12-20(28)17-23(21)32(25)24-11-7-8-15-29-24/h4-13,15,17,22H,14,16,18H2,1-3H3,(H,31,33)/t22-/m0/s1. The van der Waals surface area contributed by atoms with Crippen molar-refractivity contribution < 1.29 is 18.7 Å². The van der Waals surface area contributed by atoms with Crippen molar-refractivity contribution in [2.45, 2.75) is 45.4 Å². The summed E-state index contributed by atoms with van der Waals surface area (Å²) in [5.74, 6) is 0.694. The maximum atomic E-state index is 14.2. The van der Waals surface area contributed by atoms with Crippen molar-refractivity contribution in [3.8, 4) is 5.82 Å². The zero-order valence-corrected chi connectivity index (χ0v) is 20.1. The molecule has 0 unspecified atom stereocenters. The van der Waals surface area contributed by atoms with Gasteiger partial charge in [0.2, 0.25) is 0 Å². The van der Waals surface area contributed by atoms with Crippen molar-refractivity contribution in [3.05, 3.63) is 90.1 Å². The number of amides is 1. The highest BCUT2D eigenvalue weighted by Crippen LogP contribution is 2.27. The van der Waals surface area contributed by atoms with Crippen LogP contribution in [0.3, 0.4) is 0 Å². The number of alkyl carbamates (subject to hydrolysis) is 1. The highest BCUT2D eigenvalue weighted by Gasteiger charge is 2.26. The van der Waals surface area contributed by atoms with Gasteiger partial charge in [-0.05, 0) is 57.0 Å². The molecule has 0 aliphatic heterocycles. The highest BCUT2D eigenvalue weighted by molar-refractivity contribution is 5.78. The fraction of sp³-hybridized carbons (Fsp3) is 0.296. The molecule has 0 bridgehead atoms. The normalized spacial score (nSPS) is 12.5. The van der Waals surface area contributed by atoms with Gasteiger partial charge in [-0.1, -0.05) is 36.4 Å². The van der Waals surface area contributed by atoms with Crippen LogP contribution in [0.15, 0.2) is 72.9 Å². The lowest BCUT2D eigenvalue weighted by atomic mass is 10.2. The van der Waals surface area contributed by atoms with Crippen LogP contribution in [0.4, 0.5) is 9.18 Å². The third kappa shape index (κ3) is 6.42. The number of aromatic nitrogens is 3. The fourth-order valence-corrected chi connectivity index (χ4v) is 3.71. The number of ether oxygens (including phenoxy) is 2. The van der Waals surface area contributed by atoms with E-state index in [-0.39, 0.29) is 5.82 Å². The monoisotopic (exact) mass is 476 g/mol. The van der Waals surface area contributed by atoms with Crippen LogP contribution in [-0.4, -0.2) is 32.8 Å². The summed E-state index contributed by atoms with van der Waals surface area (Å²) in [4.78, 5) is 21.9. The molecule has 0 saturated carbocycles. The second-order valence-electron chi connectivity index (χ2n) is 9.15. The van der Waals surface area contributed by atoms with Gasteiger partial charge < -0.3 is 14.8 Å². The minimum Gasteiger partial charge on any atom is -0.444 e. The number of carbonyl (C=O) groups is 1. The van der Waals surface area contributed by atoms with E-state index in [9.17, 15) is 9.18 Å². The molecular weight excluding hydrogens is 447 g/mol. The molecule has 0 spiro atoms. The number of pyridine rings is 1. The maximum absolute atomic E-state index is 14.2. The molecule has 0 aliphatic rings. The van der Waals surface area contributed by atoms with Crippen LogP contribution in [0.1, 0.15) is 44.6 Å². The Balaban J connectivity index is 1.66. The summed E-state index contributed by atoms with van der Waals surface area (Å²) in [6.07, 6.45) is 1.50. The molecule has 8 heteroatoms. The Morgan fingerprint density at radius 1 is 1.09 bits per heavy atom. The molecule has 0 saturated heterocycles. The van der Waals surface area contributed by atoms with Gasteiger partial charge in [0.25, 0.3) is 0 Å². The number of hydrogen-bond acceptors (Lipinski definition) is 5. The van der Waals surface area contributed by atoms with Gasteiger partial charge in [-0.25, -0.2) is 19.2 Å². The largest absolute Gasteiger partial charge is 0.444 e. The first-order valence-corrected chi connectivity index (χ1v) is 11.5. The number of halogens is 1. The highest BCUT2D eigenvalue weighted by atomic mass is 19.1. The van der Waals surface area contributed by atoms with E-state index in [0.717, 1.165) is 5.56 Å². The van der Waals surface area contributed by atoms with E-state index in [1.54, 1.807) is 43.7 Å². The molecule has 2 heterocycles. The summed E-state index contributed by atoms with van der Waals surface area (Å²) in [5, 5.41) is 2.93. The van der Waals surface area contributed by atoms with Crippen LogP contribution in [0.2, 0.25) is 0 Å². The Kier molecular flexibility index (Phi) is 7.41. The first-order chi connectivity index (χ1) is 16.8. The lowest BCUT2D eigenvalue weighted by Crippen LogP contribution is -2.36. The molecule has 2 aromatic heterocycles. The molecular formula is C27H29FN4O3. The van der Waals surface area contributed by atoms with Crippen LogP contribution in [0, 0.1) is 5.82 Å². The first-order valence-electron chi connectivity index (χ1n) is 11.5. The van der Waals surface area contributed by atoms with E-state index in [1.807, 2.05) is 42.5 Å². The zero-order valence-electron chi connectivity index (χ0n) is 20.1. The Morgan fingerprint density at radius 2 is 1.86 bits per heavy atom. The molecule has 0 radical (unpaired) electrons.